The number of benzene rings is 1. The van der Waals surface area contributed by atoms with Crippen LogP contribution in [0.1, 0.15) is 61.9 Å². The number of carbonyl (C=O) groups is 2. The number of hydrogen-bond acceptors (Lipinski definition) is 3. The van der Waals surface area contributed by atoms with Gasteiger partial charge in [-0.25, -0.2) is 4.39 Å². The zero-order valence-corrected chi connectivity index (χ0v) is 14.6. The van der Waals surface area contributed by atoms with Crippen LogP contribution in [0.4, 0.5) is 4.39 Å². The van der Waals surface area contributed by atoms with Crippen molar-refractivity contribution in [1.82, 2.24) is 0 Å². The van der Waals surface area contributed by atoms with Crippen LogP contribution < -0.4 is 4.74 Å². The average Bonchev–Trinajstić information content (AvgIpc) is 2.78. The minimum absolute atomic E-state index is 0.0175. The highest BCUT2D eigenvalue weighted by atomic mass is 35.5. The number of methoxy groups -OCH3 is 1. The van der Waals surface area contributed by atoms with Crippen LogP contribution >= 0.6 is 11.6 Å². The summed E-state index contributed by atoms with van der Waals surface area (Å²) in [5, 5.41) is 0.178. The molecule has 1 atom stereocenters. The topological polar surface area (TPSA) is 43.4 Å². The Kier molecular flexibility index (Phi) is 5.45. The number of ether oxygens (including phenoxy) is 1. The lowest BCUT2D eigenvalue weighted by molar-refractivity contribution is -0.117. The van der Waals surface area contributed by atoms with E-state index in [-0.39, 0.29) is 22.3 Å². The molecule has 0 saturated carbocycles. The highest BCUT2D eigenvalue weighted by molar-refractivity contribution is 6.33. The third kappa shape index (κ3) is 3.27. The fraction of sp³-hybridized carbons (Fsp3) is 0.556. The van der Waals surface area contributed by atoms with E-state index < -0.39 is 11.2 Å². The molecule has 126 valence electrons. The molecule has 0 heterocycles. The van der Waals surface area contributed by atoms with E-state index in [0.29, 0.717) is 36.8 Å². The molecule has 1 aromatic carbocycles. The Labute approximate surface area is 141 Å². The van der Waals surface area contributed by atoms with E-state index in [0.717, 1.165) is 12.8 Å². The van der Waals surface area contributed by atoms with Crippen LogP contribution in [-0.2, 0) is 11.2 Å². The summed E-state index contributed by atoms with van der Waals surface area (Å²) in [5.74, 6) is -0.677. The van der Waals surface area contributed by atoms with Gasteiger partial charge in [0.05, 0.1) is 12.1 Å². The molecule has 23 heavy (non-hydrogen) atoms. The van der Waals surface area contributed by atoms with Gasteiger partial charge in [-0.15, -0.1) is 0 Å². The first-order valence-electron chi connectivity index (χ1n) is 7.95. The van der Waals surface area contributed by atoms with Crippen molar-refractivity contribution in [3.05, 3.63) is 28.0 Å². The quantitative estimate of drug-likeness (QED) is 0.718. The number of rotatable bonds is 7. The third-order valence-electron chi connectivity index (χ3n) is 4.69. The fourth-order valence-electron chi connectivity index (χ4n) is 3.37. The highest BCUT2D eigenvalue weighted by Crippen LogP contribution is 2.49. The van der Waals surface area contributed by atoms with Crippen molar-refractivity contribution in [3.8, 4) is 5.75 Å². The van der Waals surface area contributed by atoms with E-state index in [1.54, 1.807) is 0 Å². The molecule has 0 radical (unpaired) electrons. The van der Waals surface area contributed by atoms with Crippen molar-refractivity contribution in [2.45, 2.75) is 52.4 Å². The molecule has 0 spiro atoms. The van der Waals surface area contributed by atoms with Gasteiger partial charge in [-0.05, 0) is 37.8 Å². The summed E-state index contributed by atoms with van der Waals surface area (Å²) >= 11 is 6.26. The molecule has 1 aromatic rings. The molecule has 2 rings (SSSR count). The lowest BCUT2D eigenvalue weighted by Crippen LogP contribution is -2.29. The molecular weight excluding hydrogens is 319 g/mol. The van der Waals surface area contributed by atoms with Gasteiger partial charge < -0.3 is 9.53 Å². The number of ketones is 2. The zero-order valence-electron chi connectivity index (χ0n) is 13.8. The second kappa shape index (κ2) is 7.00. The van der Waals surface area contributed by atoms with Gasteiger partial charge in [0.25, 0.3) is 0 Å². The maximum absolute atomic E-state index is 14.1. The van der Waals surface area contributed by atoms with Gasteiger partial charge >= 0.3 is 0 Å². The van der Waals surface area contributed by atoms with Gasteiger partial charge in [-0.3, -0.25) is 4.79 Å². The monoisotopic (exact) mass is 340 g/mol. The van der Waals surface area contributed by atoms with Gasteiger partial charge in [0.1, 0.15) is 5.78 Å². The fourth-order valence-corrected chi connectivity index (χ4v) is 3.70. The van der Waals surface area contributed by atoms with Gasteiger partial charge in [-0.2, -0.15) is 0 Å². The predicted molar refractivity (Wildman–Crippen MR) is 87.9 cm³/mol. The van der Waals surface area contributed by atoms with Crippen molar-refractivity contribution in [2.24, 2.45) is 5.41 Å². The molecule has 0 aliphatic heterocycles. The first kappa shape index (κ1) is 17.9. The largest absolute Gasteiger partial charge is 0.492 e. The number of unbranched alkanes of at least 4 members (excludes halogenated alkanes) is 1. The van der Waals surface area contributed by atoms with Gasteiger partial charge in [0.15, 0.2) is 17.3 Å². The summed E-state index contributed by atoms with van der Waals surface area (Å²) < 4.78 is 19.1. The number of carbonyl (C=O) groups excluding carboxylic acids is 2. The summed E-state index contributed by atoms with van der Waals surface area (Å²) in [6, 6.07) is 1.23. The molecule has 1 unspecified atom stereocenters. The second-order valence-corrected chi connectivity index (χ2v) is 6.70. The summed E-state index contributed by atoms with van der Waals surface area (Å²) in [5.41, 5.74) is 0.342. The van der Waals surface area contributed by atoms with E-state index >= 15 is 0 Å². The number of hydrogen-bond donors (Lipinski definition) is 0. The molecule has 1 aliphatic rings. The Morgan fingerprint density at radius 2 is 2.13 bits per heavy atom. The standard InChI is InChI=1S/C18H22ClFO3/c1-4-5-7-18(8-6-11(2)21)10-13-12(17(18)22)9-14(20)16(23-3)15(13)19/h9H,4-8,10H2,1-3H3. The van der Waals surface area contributed by atoms with Crippen molar-refractivity contribution in [3.63, 3.8) is 0 Å². The van der Waals surface area contributed by atoms with Crippen LogP contribution in [0.15, 0.2) is 6.07 Å². The van der Waals surface area contributed by atoms with Gasteiger partial charge in [0, 0.05) is 17.4 Å². The summed E-state index contributed by atoms with van der Waals surface area (Å²) in [6.45, 7) is 3.58. The molecule has 0 N–H and O–H groups in total. The summed E-state index contributed by atoms with van der Waals surface area (Å²) in [7, 11) is 1.35. The zero-order chi connectivity index (χ0) is 17.2. The Hall–Kier alpha value is -1.42. The van der Waals surface area contributed by atoms with E-state index in [2.05, 4.69) is 6.92 Å². The lowest BCUT2D eigenvalue weighted by Gasteiger charge is -2.27. The van der Waals surface area contributed by atoms with Gasteiger partial charge in [0.2, 0.25) is 0 Å². The van der Waals surface area contributed by atoms with Crippen LogP contribution in [0.3, 0.4) is 0 Å². The first-order valence-corrected chi connectivity index (χ1v) is 8.33. The molecule has 0 saturated heterocycles. The Morgan fingerprint density at radius 1 is 1.43 bits per heavy atom. The van der Waals surface area contributed by atoms with Crippen LogP contribution in [0.5, 0.6) is 5.75 Å². The van der Waals surface area contributed by atoms with E-state index in [1.807, 2.05) is 0 Å². The van der Waals surface area contributed by atoms with E-state index in [9.17, 15) is 14.0 Å². The van der Waals surface area contributed by atoms with E-state index in [4.69, 9.17) is 16.3 Å². The highest BCUT2D eigenvalue weighted by Gasteiger charge is 2.46. The van der Waals surface area contributed by atoms with Crippen molar-refractivity contribution in [1.29, 1.82) is 0 Å². The minimum atomic E-state index is -0.646. The molecule has 0 aromatic heterocycles. The molecule has 3 nitrogen and oxygen atoms in total. The molecule has 5 heteroatoms. The normalized spacial score (nSPS) is 19.8. The molecular formula is C18H22ClFO3. The molecule has 0 amide bonds. The second-order valence-electron chi connectivity index (χ2n) is 6.32. The maximum Gasteiger partial charge on any atom is 0.173 e. The SMILES string of the molecule is CCCCC1(CCC(C)=O)Cc2c(cc(F)c(OC)c2Cl)C1=O. The Bertz CT molecular complexity index is 642. The Morgan fingerprint density at radius 3 is 2.70 bits per heavy atom. The summed E-state index contributed by atoms with van der Waals surface area (Å²) in [6.07, 6.45) is 3.80. The van der Waals surface area contributed by atoms with Gasteiger partial charge in [-0.1, -0.05) is 31.4 Å². The van der Waals surface area contributed by atoms with Crippen LogP contribution in [-0.4, -0.2) is 18.7 Å². The van der Waals surface area contributed by atoms with Crippen LogP contribution in [0.2, 0.25) is 5.02 Å². The smallest absolute Gasteiger partial charge is 0.173 e. The first-order chi connectivity index (χ1) is 10.9. The van der Waals surface area contributed by atoms with Crippen LogP contribution in [0.25, 0.3) is 0 Å². The Balaban J connectivity index is 2.45. The van der Waals surface area contributed by atoms with E-state index in [1.165, 1.54) is 20.1 Å². The lowest BCUT2D eigenvalue weighted by atomic mass is 9.75. The van der Waals surface area contributed by atoms with Crippen LogP contribution in [0, 0.1) is 11.2 Å². The van der Waals surface area contributed by atoms with Crippen molar-refractivity contribution < 1.29 is 18.7 Å². The predicted octanol–water partition coefficient (Wildman–Crippen LogP) is 4.77. The minimum Gasteiger partial charge on any atom is -0.492 e. The number of fused-ring (bicyclic) bond motifs is 1. The number of halogens is 2. The molecule has 0 bridgehead atoms. The van der Waals surface area contributed by atoms with Crippen molar-refractivity contribution >= 4 is 23.2 Å². The maximum atomic E-state index is 14.1. The third-order valence-corrected chi connectivity index (χ3v) is 5.09. The number of Topliss-reactive ketones (excluding diaryl/α,β-unsaturated/α-hetero) is 2. The molecule has 0 fully saturated rings. The van der Waals surface area contributed by atoms with Crippen molar-refractivity contribution in [2.75, 3.05) is 7.11 Å². The average molecular weight is 341 g/mol. The molecule has 1 aliphatic carbocycles. The summed E-state index contributed by atoms with van der Waals surface area (Å²) in [4.78, 5) is 24.4.